The fourth-order valence-electron chi connectivity index (χ4n) is 1.47. The highest BCUT2D eigenvalue weighted by Crippen LogP contribution is 2.22. The van der Waals surface area contributed by atoms with Crippen LogP contribution < -0.4 is 5.32 Å². The van der Waals surface area contributed by atoms with Crippen molar-refractivity contribution >= 4 is 5.69 Å². The van der Waals surface area contributed by atoms with E-state index in [1.54, 1.807) is 12.4 Å². The predicted octanol–water partition coefficient (Wildman–Crippen LogP) is 2.11. The zero-order valence-electron chi connectivity index (χ0n) is 7.79. The van der Waals surface area contributed by atoms with Gasteiger partial charge in [0.05, 0.1) is 11.9 Å². The average Bonchev–Trinajstić information content (AvgIpc) is 2.44. The van der Waals surface area contributed by atoms with Crippen LogP contribution in [0.4, 0.5) is 14.5 Å². The first-order chi connectivity index (χ1) is 6.74. The first-order valence-electron chi connectivity index (χ1n) is 4.81. The van der Waals surface area contributed by atoms with Gasteiger partial charge in [-0.1, -0.05) is 0 Å². The van der Waals surface area contributed by atoms with E-state index in [4.69, 9.17) is 0 Å². The highest BCUT2D eigenvalue weighted by molar-refractivity contribution is 5.39. The minimum Gasteiger partial charge on any atom is -0.380 e. The quantitative estimate of drug-likeness (QED) is 0.808. The SMILES string of the molecule is FC(F)Cn1cc(NC2CCC2)cn1. The molecule has 0 unspecified atom stereocenters. The summed E-state index contributed by atoms with van der Waals surface area (Å²) in [6.07, 6.45) is 4.47. The Kier molecular flexibility index (Phi) is 2.65. The van der Waals surface area contributed by atoms with Crippen LogP contribution in [0.1, 0.15) is 19.3 Å². The Bertz CT molecular complexity index is 294. The molecule has 0 spiro atoms. The summed E-state index contributed by atoms with van der Waals surface area (Å²) in [5, 5.41) is 7.09. The van der Waals surface area contributed by atoms with E-state index >= 15 is 0 Å². The zero-order chi connectivity index (χ0) is 9.97. The lowest BCUT2D eigenvalue weighted by atomic mass is 9.93. The van der Waals surface area contributed by atoms with Gasteiger partial charge in [-0.3, -0.25) is 4.68 Å². The van der Waals surface area contributed by atoms with E-state index in [-0.39, 0.29) is 6.54 Å². The van der Waals surface area contributed by atoms with E-state index in [2.05, 4.69) is 10.4 Å². The molecule has 78 valence electrons. The van der Waals surface area contributed by atoms with E-state index in [1.807, 2.05) is 0 Å². The number of rotatable bonds is 4. The third-order valence-electron chi connectivity index (χ3n) is 2.43. The van der Waals surface area contributed by atoms with E-state index in [1.165, 1.54) is 23.9 Å². The molecule has 1 aromatic rings. The van der Waals surface area contributed by atoms with Crippen molar-refractivity contribution in [1.29, 1.82) is 0 Å². The smallest absolute Gasteiger partial charge is 0.257 e. The number of anilines is 1. The van der Waals surface area contributed by atoms with Crippen LogP contribution in [0.2, 0.25) is 0 Å². The Hall–Kier alpha value is -1.13. The van der Waals surface area contributed by atoms with Gasteiger partial charge in [-0.2, -0.15) is 5.10 Å². The summed E-state index contributed by atoms with van der Waals surface area (Å²) in [4.78, 5) is 0. The molecule has 2 rings (SSSR count). The van der Waals surface area contributed by atoms with Gasteiger partial charge in [0.15, 0.2) is 0 Å². The Morgan fingerprint density at radius 2 is 2.36 bits per heavy atom. The molecular formula is C9H13F2N3. The molecule has 1 fully saturated rings. The van der Waals surface area contributed by atoms with Crippen molar-refractivity contribution in [2.45, 2.75) is 38.3 Å². The van der Waals surface area contributed by atoms with E-state index in [0.29, 0.717) is 6.04 Å². The Morgan fingerprint density at radius 1 is 1.57 bits per heavy atom. The van der Waals surface area contributed by atoms with Crippen LogP contribution >= 0.6 is 0 Å². The summed E-state index contributed by atoms with van der Waals surface area (Å²) in [5.74, 6) is 0. The van der Waals surface area contributed by atoms with Crippen molar-refractivity contribution in [3.05, 3.63) is 12.4 Å². The lowest BCUT2D eigenvalue weighted by Crippen LogP contribution is -2.26. The van der Waals surface area contributed by atoms with Crippen LogP contribution in [0, 0.1) is 0 Å². The molecule has 0 saturated heterocycles. The Morgan fingerprint density at radius 3 is 2.93 bits per heavy atom. The van der Waals surface area contributed by atoms with E-state index in [0.717, 1.165) is 5.69 Å². The van der Waals surface area contributed by atoms with Gasteiger partial charge in [-0.25, -0.2) is 8.78 Å². The molecule has 14 heavy (non-hydrogen) atoms. The number of nitrogens with one attached hydrogen (secondary N) is 1. The van der Waals surface area contributed by atoms with Crippen molar-refractivity contribution in [3.8, 4) is 0 Å². The fourth-order valence-corrected chi connectivity index (χ4v) is 1.47. The molecule has 1 aliphatic rings. The molecule has 1 heterocycles. The summed E-state index contributed by atoms with van der Waals surface area (Å²) in [6.45, 7) is -0.327. The van der Waals surface area contributed by atoms with Crippen molar-refractivity contribution < 1.29 is 8.78 Å². The third kappa shape index (κ3) is 2.21. The normalized spacial score (nSPS) is 17.1. The van der Waals surface area contributed by atoms with Crippen LogP contribution in [-0.4, -0.2) is 22.2 Å². The molecule has 0 amide bonds. The molecule has 1 aliphatic carbocycles. The fraction of sp³-hybridized carbons (Fsp3) is 0.667. The molecule has 1 aromatic heterocycles. The number of hydrogen-bond acceptors (Lipinski definition) is 2. The molecule has 0 atom stereocenters. The zero-order valence-corrected chi connectivity index (χ0v) is 7.79. The maximum absolute atomic E-state index is 12.0. The third-order valence-corrected chi connectivity index (χ3v) is 2.43. The van der Waals surface area contributed by atoms with Gasteiger partial charge >= 0.3 is 0 Å². The summed E-state index contributed by atoms with van der Waals surface area (Å²) >= 11 is 0. The highest BCUT2D eigenvalue weighted by Gasteiger charge is 2.17. The number of halogens is 2. The number of alkyl halides is 2. The monoisotopic (exact) mass is 201 g/mol. The van der Waals surface area contributed by atoms with Gasteiger partial charge in [-0.05, 0) is 19.3 Å². The predicted molar refractivity (Wildman–Crippen MR) is 49.5 cm³/mol. The van der Waals surface area contributed by atoms with Gasteiger partial charge in [0.25, 0.3) is 6.43 Å². The van der Waals surface area contributed by atoms with Gasteiger partial charge in [0.2, 0.25) is 0 Å². The second-order valence-corrected chi connectivity index (χ2v) is 3.61. The molecule has 1 saturated carbocycles. The Balaban J connectivity index is 1.88. The molecule has 3 nitrogen and oxygen atoms in total. The number of nitrogens with zero attached hydrogens (tertiary/aromatic N) is 2. The summed E-state index contributed by atoms with van der Waals surface area (Å²) in [6, 6.07) is 0.513. The van der Waals surface area contributed by atoms with Crippen molar-refractivity contribution in [2.75, 3.05) is 5.32 Å². The van der Waals surface area contributed by atoms with Crippen LogP contribution in [-0.2, 0) is 6.54 Å². The largest absolute Gasteiger partial charge is 0.380 e. The molecule has 0 aromatic carbocycles. The van der Waals surface area contributed by atoms with Gasteiger partial charge in [0, 0.05) is 12.2 Å². The van der Waals surface area contributed by atoms with Crippen LogP contribution in [0.5, 0.6) is 0 Å². The summed E-state index contributed by atoms with van der Waals surface area (Å²) in [5.41, 5.74) is 0.843. The molecule has 0 bridgehead atoms. The first-order valence-corrected chi connectivity index (χ1v) is 4.81. The Labute approximate surface area is 81.1 Å². The number of aromatic nitrogens is 2. The summed E-state index contributed by atoms with van der Waals surface area (Å²) < 4.78 is 25.2. The molecule has 5 heteroatoms. The van der Waals surface area contributed by atoms with E-state index in [9.17, 15) is 8.78 Å². The van der Waals surface area contributed by atoms with Crippen molar-refractivity contribution in [3.63, 3.8) is 0 Å². The van der Waals surface area contributed by atoms with Crippen molar-refractivity contribution in [1.82, 2.24) is 9.78 Å². The van der Waals surface area contributed by atoms with Crippen molar-refractivity contribution in [2.24, 2.45) is 0 Å². The van der Waals surface area contributed by atoms with Crippen LogP contribution in [0.15, 0.2) is 12.4 Å². The average molecular weight is 201 g/mol. The van der Waals surface area contributed by atoms with Gasteiger partial charge in [0.1, 0.15) is 6.54 Å². The van der Waals surface area contributed by atoms with Crippen LogP contribution in [0.25, 0.3) is 0 Å². The second-order valence-electron chi connectivity index (χ2n) is 3.61. The maximum Gasteiger partial charge on any atom is 0.257 e. The molecular weight excluding hydrogens is 188 g/mol. The molecule has 0 radical (unpaired) electrons. The summed E-state index contributed by atoms with van der Waals surface area (Å²) in [7, 11) is 0. The topological polar surface area (TPSA) is 29.9 Å². The lowest BCUT2D eigenvalue weighted by Gasteiger charge is -2.26. The first kappa shape index (κ1) is 9.43. The number of hydrogen-bond donors (Lipinski definition) is 1. The van der Waals surface area contributed by atoms with Gasteiger partial charge < -0.3 is 5.32 Å². The molecule has 1 N–H and O–H groups in total. The second kappa shape index (κ2) is 3.94. The molecule has 0 aliphatic heterocycles. The van der Waals surface area contributed by atoms with E-state index < -0.39 is 6.43 Å². The highest BCUT2D eigenvalue weighted by atomic mass is 19.3. The minimum absolute atomic E-state index is 0.327. The maximum atomic E-state index is 12.0. The standard InChI is InChI=1S/C9H13F2N3/c10-9(11)6-14-5-8(4-12-14)13-7-2-1-3-7/h4-5,7,9,13H,1-3,6H2. The van der Waals surface area contributed by atoms with Gasteiger partial charge in [-0.15, -0.1) is 0 Å². The van der Waals surface area contributed by atoms with Crippen LogP contribution in [0.3, 0.4) is 0 Å². The lowest BCUT2D eigenvalue weighted by molar-refractivity contribution is 0.122. The minimum atomic E-state index is -2.34.